The third-order valence-electron chi connectivity index (χ3n) is 5.83. The van der Waals surface area contributed by atoms with Crippen molar-refractivity contribution in [3.05, 3.63) is 24.6 Å². The molecular weight excluding hydrogens is 362 g/mol. The monoisotopic (exact) mass is 405 g/mol. The summed E-state index contributed by atoms with van der Waals surface area (Å²) in [5.74, 6) is -0.294. The summed E-state index contributed by atoms with van der Waals surface area (Å²) in [4.78, 5) is 15.5. The molecule has 0 radical (unpaired) electrons. The molecule has 2 N–H and O–H groups in total. The van der Waals surface area contributed by atoms with Crippen LogP contribution in [0.4, 0.5) is 0 Å². The first-order chi connectivity index (χ1) is 14.0. The zero-order chi connectivity index (χ0) is 21.4. The summed E-state index contributed by atoms with van der Waals surface area (Å²) in [6.45, 7) is 3.93. The lowest BCUT2D eigenvalue weighted by atomic mass is 10.1. The van der Waals surface area contributed by atoms with Crippen LogP contribution < -0.4 is 10.8 Å². The Morgan fingerprint density at radius 2 is 1.59 bits per heavy atom. The maximum atomic E-state index is 11.1. The zero-order valence-corrected chi connectivity index (χ0v) is 18.8. The number of hydrogen-bond donors (Lipinski definition) is 1. The van der Waals surface area contributed by atoms with E-state index in [1.807, 2.05) is 6.92 Å². The normalized spacial score (nSPS) is 19.8. The molecule has 2 atom stereocenters. The van der Waals surface area contributed by atoms with Gasteiger partial charge in [0.05, 0.1) is 12.2 Å². The first-order valence-electron chi connectivity index (χ1n) is 11.8. The van der Waals surface area contributed by atoms with Crippen LogP contribution in [0.2, 0.25) is 0 Å². The molecule has 1 heterocycles. The first-order valence-corrected chi connectivity index (χ1v) is 11.8. The molecule has 0 bridgehead atoms. The Hall–Kier alpha value is -1.46. The van der Waals surface area contributed by atoms with Gasteiger partial charge in [0.1, 0.15) is 18.9 Å². The molecule has 0 fully saturated rings. The fourth-order valence-corrected chi connectivity index (χ4v) is 3.95. The Balaban J connectivity index is 2.07. The van der Waals surface area contributed by atoms with Crippen LogP contribution in [0.15, 0.2) is 29.5 Å². The molecule has 0 aromatic heterocycles. The molecule has 0 saturated carbocycles. The SMILES string of the molecule is CCCCCCCCCCCCC/C=C/CCC1=NC=C[N+]1(CC(=O)[O-])C(C)N. The van der Waals surface area contributed by atoms with Gasteiger partial charge in [-0.2, -0.15) is 0 Å². The van der Waals surface area contributed by atoms with E-state index in [1.54, 1.807) is 12.4 Å². The minimum Gasteiger partial charge on any atom is -0.544 e. The van der Waals surface area contributed by atoms with Crippen molar-refractivity contribution in [1.29, 1.82) is 0 Å². The van der Waals surface area contributed by atoms with E-state index in [4.69, 9.17) is 5.73 Å². The maximum absolute atomic E-state index is 11.1. The molecule has 166 valence electrons. The number of quaternary nitrogens is 1. The quantitative estimate of drug-likeness (QED) is 0.202. The van der Waals surface area contributed by atoms with Crippen molar-refractivity contribution in [1.82, 2.24) is 0 Å². The average molecular weight is 406 g/mol. The number of amidine groups is 1. The van der Waals surface area contributed by atoms with Gasteiger partial charge in [-0.25, -0.2) is 9.48 Å². The van der Waals surface area contributed by atoms with Gasteiger partial charge in [-0.1, -0.05) is 83.3 Å². The van der Waals surface area contributed by atoms with E-state index < -0.39 is 5.97 Å². The largest absolute Gasteiger partial charge is 0.544 e. The Labute approximate surface area is 178 Å². The molecule has 0 aliphatic carbocycles. The van der Waals surface area contributed by atoms with Crippen LogP contribution in [0.1, 0.15) is 104 Å². The van der Waals surface area contributed by atoms with E-state index in [9.17, 15) is 9.90 Å². The number of carboxylic acid groups (broad SMARTS) is 1. The van der Waals surface area contributed by atoms with E-state index >= 15 is 0 Å². The second kappa shape index (κ2) is 15.4. The number of nitrogens with two attached hydrogens (primary N) is 1. The van der Waals surface area contributed by atoms with Crippen LogP contribution in [0.25, 0.3) is 0 Å². The molecular formula is C24H43N3O2. The number of nitrogens with zero attached hydrogens (tertiary/aromatic N) is 2. The standard InChI is InChI=1S/C24H43N3O2/c1-3-4-5-6-7-8-9-10-11-12-13-14-15-16-17-18-23-26-19-20-27(23,22(2)25)21-24(28)29/h15-16,19-20,22H,3-14,17-18,21,25H2,1-2H3/b16-15+. The molecule has 1 rings (SSSR count). The molecule has 5 heteroatoms. The lowest BCUT2D eigenvalue weighted by molar-refractivity contribution is -0.808. The minimum atomic E-state index is -1.10. The predicted octanol–water partition coefficient (Wildman–Crippen LogP) is 4.78. The van der Waals surface area contributed by atoms with Crippen LogP contribution in [-0.2, 0) is 4.79 Å². The van der Waals surface area contributed by atoms with Gasteiger partial charge in [-0.05, 0) is 19.3 Å². The molecule has 2 unspecified atom stereocenters. The summed E-state index contributed by atoms with van der Waals surface area (Å²) in [6, 6.07) is 0. The lowest BCUT2D eigenvalue weighted by Crippen LogP contribution is -2.60. The highest BCUT2D eigenvalue weighted by Gasteiger charge is 2.38. The van der Waals surface area contributed by atoms with Gasteiger partial charge in [0.25, 0.3) is 0 Å². The van der Waals surface area contributed by atoms with Crippen LogP contribution >= 0.6 is 0 Å². The van der Waals surface area contributed by atoms with Gasteiger partial charge < -0.3 is 9.90 Å². The highest BCUT2D eigenvalue weighted by Crippen LogP contribution is 2.22. The van der Waals surface area contributed by atoms with Crippen molar-refractivity contribution in [2.45, 2.75) is 110 Å². The van der Waals surface area contributed by atoms with Crippen LogP contribution in [0, 0.1) is 0 Å². The number of aliphatic imine (C=N–C) groups is 1. The Bertz CT molecular complexity index is 540. The molecule has 1 aliphatic heterocycles. The number of aliphatic carboxylic acids is 1. The highest BCUT2D eigenvalue weighted by molar-refractivity contribution is 5.81. The van der Waals surface area contributed by atoms with E-state index in [0.717, 1.165) is 25.1 Å². The number of carbonyl (C=O) groups is 1. The first kappa shape index (κ1) is 25.6. The summed E-state index contributed by atoms with van der Waals surface area (Å²) < 4.78 is 0.0782. The average Bonchev–Trinajstić information content (AvgIpc) is 3.08. The van der Waals surface area contributed by atoms with Crippen molar-refractivity contribution >= 4 is 11.8 Å². The van der Waals surface area contributed by atoms with Crippen LogP contribution in [0.3, 0.4) is 0 Å². The summed E-state index contributed by atoms with van der Waals surface area (Å²) >= 11 is 0. The lowest BCUT2D eigenvalue weighted by Gasteiger charge is -2.36. The topological polar surface area (TPSA) is 78.5 Å². The summed E-state index contributed by atoms with van der Waals surface area (Å²) in [6.07, 6.45) is 25.3. The second-order valence-corrected chi connectivity index (χ2v) is 8.38. The van der Waals surface area contributed by atoms with E-state index in [-0.39, 0.29) is 17.2 Å². The van der Waals surface area contributed by atoms with Crippen molar-refractivity contribution in [2.24, 2.45) is 10.7 Å². The number of carbonyl (C=O) groups excluding carboxylic acids is 1. The fourth-order valence-electron chi connectivity index (χ4n) is 3.95. The molecule has 0 aromatic carbocycles. The molecule has 0 saturated heterocycles. The number of hydrogen-bond acceptors (Lipinski definition) is 4. The molecule has 5 nitrogen and oxygen atoms in total. The summed E-state index contributed by atoms with van der Waals surface area (Å²) in [5.41, 5.74) is 6.06. The van der Waals surface area contributed by atoms with Gasteiger partial charge in [-0.15, -0.1) is 0 Å². The van der Waals surface area contributed by atoms with Gasteiger partial charge in [0.2, 0.25) is 5.84 Å². The summed E-state index contributed by atoms with van der Waals surface area (Å²) in [5, 5.41) is 11.1. The van der Waals surface area contributed by atoms with E-state index in [2.05, 4.69) is 24.1 Å². The Kier molecular flexibility index (Phi) is 13.6. The molecule has 1 aliphatic rings. The van der Waals surface area contributed by atoms with Crippen molar-refractivity contribution in [3.63, 3.8) is 0 Å². The van der Waals surface area contributed by atoms with Crippen molar-refractivity contribution in [2.75, 3.05) is 6.54 Å². The molecule has 0 aromatic rings. The number of unbranched alkanes of at least 4 members (excludes halogenated alkanes) is 11. The van der Waals surface area contributed by atoms with E-state index in [1.165, 1.54) is 70.6 Å². The number of rotatable bonds is 18. The zero-order valence-electron chi connectivity index (χ0n) is 18.8. The Morgan fingerprint density at radius 3 is 2.14 bits per heavy atom. The minimum absolute atomic E-state index is 0.0782. The van der Waals surface area contributed by atoms with Gasteiger partial charge in [-0.3, -0.25) is 5.73 Å². The number of carboxylic acids is 1. The van der Waals surface area contributed by atoms with Crippen molar-refractivity contribution in [3.8, 4) is 0 Å². The maximum Gasteiger partial charge on any atom is 0.209 e. The van der Waals surface area contributed by atoms with E-state index in [0.29, 0.717) is 0 Å². The van der Waals surface area contributed by atoms with Gasteiger partial charge in [0, 0.05) is 13.3 Å². The van der Waals surface area contributed by atoms with Crippen LogP contribution in [-0.4, -0.2) is 29.0 Å². The summed E-state index contributed by atoms with van der Waals surface area (Å²) in [7, 11) is 0. The second-order valence-electron chi connectivity index (χ2n) is 8.38. The third-order valence-corrected chi connectivity index (χ3v) is 5.83. The van der Waals surface area contributed by atoms with Crippen LogP contribution in [0.5, 0.6) is 0 Å². The third kappa shape index (κ3) is 10.2. The highest BCUT2D eigenvalue weighted by atomic mass is 16.4. The number of allylic oxidation sites excluding steroid dienone is 2. The van der Waals surface area contributed by atoms with Crippen molar-refractivity contribution < 1.29 is 14.4 Å². The van der Waals surface area contributed by atoms with Gasteiger partial charge in [0.15, 0.2) is 0 Å². The fraction of sp³-hybridized carbons (Fsp3) is 0.750. The molecule has 29 heavy (non-hydrogen) atoms. The predicted molar refractivity (Wildman–Crippen MR) is 120 cm³/mol. The molecule has 0 spiro atoms. The smallest absolute Gasteiger partial charge is 0.209 e. The Morgan fingerprint density at radius 1 is 1.03 bits per heavy atom. The molecule has 0 amide bonds. The van der Waals surface area contributed by atoms with Gasteiger partial charge >= 0.3 is 0 Å².